The molecule has 2 aromatic heterocycles. The second-order valence-corrected chi connectivity index (χ2v) is 17.5. The van der Waals surface area contributed by atoms with Crippen LogP contribution in [0.3, 0.4) is 0 Å². The van der Waals surface area contributed by atoms with Gasteiger partial charge in [-0.25, -0.2) is 31.9 Å². The molecule has 2 unspecified atom stereocenters. The molecule has 7 rings (SSSR count). The number of aromatic amines is 1. The molecule has 52 heavy (non-hydrogen) atoms. The Bertz CT molecular complexity index is 2280. The number of amides is 1. The summed E-state index contributed by atoms with van der Waals surface area (Å²) in [7, 11) is -1.91. The van der Waals surface area contributed by atoms with E-state index in [0.717, 1.165) is 16.2 Å². The number of sulfone groups is 1. The van der Waals surface area contributed by atoms with Gasteiger partial charge in [0.1, 0.15) is 11.6 Å². The van der Waals surface area contributed by atoms with Gasteiger partial charge in [-0.2, -0.15) is 5.10 Å². The smallest absolute Gasteiger partial charge is 0.249 e. The summed E-state index contributed by atoms with van der Waals surface area (Å²) < 4.78 is 66.4. The third-order valence-corrected chi connectivity index (χ3v) is 12.7. The number of hydrogen-bond donors (Lipinski definition) is 2. The zero-order chi connectivity index (χ0) is 37.0. The van der Waals surface area contributed by atoms with Gasteiger partial charge in [-0.1, -0.05) is 44.5 Å². The fraction of sp³-hybridized carbons (Fsp3) is 0.410. The molecule has 13 heteroatoms. The third-order valence-electron chi connectivity index (χ3n) is 10.7. The summed E-state index contributed by atoms with van der Waals surface area (Å²) in [6.45, 7) is 6.21. The highest BCUT2D eigenvalue weighted by molar-refractivity contribution is 7.91. The molecule has 2 N–H and O–H groups in total. The average molecular weight is 732 g/mol. The maximum absolute atomic E-state index is 15.7. The largest absolute Gasteiger partial charge is 0.454 e. The van der Waals surface area contributed by atoms with Crippen molar-refractivity contribution in [1.82, 2.24) is 24.8 Å². The van der Waals surface area contributed by atoms with Crippen LogP contribution in [0.4, 0.5) is 8.78 Å². The third kappa shape index (κ3) is 6.95. The number of H-pyrrole nitrogens is 1. The van der Waals surface area contributed by atoms with Crippen LogP contribution in [-0.4, -0.2) is 62.4 Å². The van der Waals surface area contributed by atoms with Crippen LogP contribution >= 0.6 is 0 Å². The van der Waals surface area contributed by atoms with Crippen molar-refractivity contribution in [3.8, 4) is 22.9 Å². The molecule has 0 aliphatic carbocycles. The van der Waals surface area contributed by atoms with Gasteiger partial charge in [0.15, 0.2) is 33.1 Å². The number of hydroxylamine groups is 2. The number of nitrogens with one attached hydrogen (secondary N) is 1. The lowest BCUT2D eigenvalue weighted by Crippen LogP contribution is -2.29. The maximum Gasteiger partial charge on any atom is 0.249 e. The van der Waals surface area contributed by atoms with Gasteiger partial charge < -0.3 is 9.72 Å². The second kappa shape index (κ2) is 13.4. The van der Waals surface area contributed by atoms with Gasteiger partial charge in [-0.3, -0.25) is 10.0 Å². The molecule has 1 amide bonds. The van der Waals surface area contributed by atoms with E-state index in [9.17, 15) is 18.4 Å². The number of aryl methyl sites for hydroxylation is 2. The number of carbonyl (C=O) groups excluding carboxylic acids is 1. The fourth-order valence-corrected chi connectivity index (χ4v) is 9.83. The molecular weight excluding hydrogens is 689 g/mol. The first kappa shape index (κ1) is 35.8. The first-order chi connectivity index (χ1) is 24.6. The number of hydrogen-bond acceptors (Lipinski definition) is 7. The van der Waals surface area contributed by atoms with E-state index in [-0.39, 0.29) is 52.6 Å². The van der Waals surface area contributed by atoms with Gasteiger partial charge in [0.2, 0.25) is 5.91 Å². The van der Waals surface area contributed by atoms with Crippen molar-refractivity contribution in [2.24, 2.45) is 18.4 Å². The van der Waals surface area contributed by atoms with Crippen LogP contribution in [0.5, 0.6) is 11.5 Å². The van der Waals surface area contributed by atoms with E-state index in [0.29, 0.717) is 60.9 Å². The minimum atomic E-state index is -3.60. The molecule has 5 aromatic rings. The van der Waals surface area contributed by atoms with E-state index < -0.39 is 32.3 Å². The Morgan fingerprint density at radius 1 is 1.06 bits per heavy atom. The van der Waals surface area contributed by atoms with Crippen molar-refractivity contribution < 1.29 is 31.9 Å². The van der Waals surface area contributed by atoms with Gasteiger partial charge in [-0.05, 0) is 79.8 Å². The number of nitrogens with zero attached hydrogens (tertiary/aromatic N) is 4. The summed E-state index contributed by atoms with van der Waals surface area (Å²) in [6.07, 6.45) is 4.48. The lowest BCUT2D eigenvalue weighted by molar-refractivity contribution is -0.159. The number of rotatable bonds is 3. The van der Waals surface area contributed by atoms with Crippen LogP contribution in [-0.2, 0) is 39.9 Å². The normalized spacial score (nSPS) is 22.1. The molecular formula is C39H43F2N5O5S. The van der Waals surface area contributed by atoms with Gasteiger partial charge in [0, 0.05) is 48.2 Å². The van der Waals surface area contributed by atoms with E-state index in [1.165, 1.54) is 28.9 Å². The summed E-state index contributed by atoms with van der Waals surface area (Å²) >= 11 is 0. The van der Waals surface area contributed by atoms with Gasteiger partial charge in [-0.15, -0.1) is 0 Å². The molecule has 3 aromatic carbocycles. The number of benzene rings is 3. The predicted molar refractivity (Wildman–Crippen MR) is 193 cm³/mol. The van der Waals surface area contributed by atoms with Crippen molar-refractivity contribution in [3.05, 3.63) is 94.9 Å². The lowest BCUT2D eigenvalue weighted by atomic mass is 9.75. The standard InChI is InChI=1S/C39H43F2N5O5S/c1-38(2)14-6-15-39(3,26-8-5-7-24(20-26)19-25-12-17-46(48)36(25)47)37-43-35(45(4)44-37)30-21-27(9-10-31(30)40)51-34-29(13-18-52(49,50)23-38)28-11-16-42-33(28)22-32(34)41/h5,7-11,16,20-22,25,42,48H,6,12-15,17-19,23H2,1-4H3. The van der Waals surface area contributed by atoms with Gasteiger partial charge in [0.25, 0.3) is 0 Å². The molecule has 0 spiro atoms. The number of carbonyl (C=O) groups is 1. The molecule has 0 saturated carbocycles. The second-order valence-electron chi connectivity index (χ2n) is 15.3. The first-order valence-electron chi connectivity index (χ1n) is 17.6. The van der Waals surface area contributed by atoms with E-state index >= 15 is 8.78 Å². The van der Waals surface area contributed by atoms with Crippen LogP contribution in [0.25, 0.3) is 22.3 Å². The monoisotopic (exact) mass is 731 g/mol. The molecule has 0 radical (unpaired) electrons. The highest BCUT2D eigenvalue weighted by Gasteiger charge is 2.37. The maximum atomic E-state index is 15.7. The van der Waals surface area contributed by atoms with Crippen molar-refractivity contribution in [1.29, 1.82) is 0 Å². The number of halogens is 2. The molecule has 274 valence electrons. The van der Waals surface area contributed by atoms with Crippen LogP contribution in [0.1, 0.15) is 69.0 Å². The molecule has 2 atom stereocenters. The Labute approximate surface area is 301 Å². The Morgan fingerprint density at radius 2 is 1.87 bits per heavy atom. The zero-order valence-electron chi connectivity index (χ0n) is 29.7. The lowest BCUT2D eigenvalue weighted by Gasteiger charge is -2.31. The summed E-state index contributed by atoms with van der Waals surface area (Å²) in [5.41, 5.74) is 1.49. The van der Waals surface area contributed by atoms with Crippen LogP contribution in [0.2, 0.25) is 0 Å². The van der Waals surface area contributed by atoms with Crippen LogP contribution in [0.15, 0.2) is 60.8 Å². The summed E-state index contributed by atoms with van der Waals surface area (Å²) in [5.74, 6) is -1.38. The first-order valence-corrected chi connectivity index (χ1v) is 19.4. The molecule has 1 fully saturated rings. The van der Waals surface area contributed by atoms with E-state index in [4.69, 9.17) is 14.8 Å². The predicted octanol–water partition coefficient (Wildman–Crippen LogP) is 7.29. The summed E-state index contributed by atoms with van der Waals surface area (Å²) in [5, 5.41) is 16.1. The average Bonchev–Trinajstić information content (AvgIpc) is 3.80. The Balaban J connectivity index is 1.34. The number of aromatic nitrogens is 4. The molecule has 2 aliphatic heterocycles. The highest BCUT2D eigenvalue weighted by atomic mass is 32.2. The summed E-state index contributed by atoms with van der Waals surface area (Å²) in [6, 6.07) is 15.1. The zero-order valence-corrected chi connectivity index (χ0v) is 30.6. The summed E-state index contributed by atoms with van der Waals surface area (Å²) in [4.78, 5) is 20.4. The Morgan fingerprint density at radius 3 is 2.63 bits per heavy atom. The van der Waals surface area contributed by atoms with Crippen LogP contribution < -0.4 is 4.74 Å². The van der Waals surface area contributed by atoms with E-state index in [1.54, 1.807) is 19.3 Å². The molecule has 1 saturated heterocycles. The SMILES string of the molecule is Cn1nc2nc1-c1cc(ccc1F)Oc1c(F)cc3[nH]ccc3c1CCS(=O)(=O)CC(C)(C)CCCC2(C)c1cccc(CC2CCN(O)C2=O)c1. The van der Waals surface area contributed by atoms with Crippen molar-refractivity contribution in [2.75, 3.05) is 18.1 Å². The topological polar surface area (TPSA) is 130 Å². The molecule has 4 bridgehead atoms. The Kier molecular flexibility index (Phi) is 9.23. The van der Waals surface area contributed by atoms with Crippen molar-refractivity contribution in [2.45, 2.75) is 64.7 Å². The minimum absolute atomic E-state index is 0.0256. The van der Waals surface area contributed by atoms with E-state index in [1.807, 2.05) is 45.0 Å². The fourth-order valence-electron chi connectivity index (χ4n) is 7.83. The number of fused-ring (bicyclic) bond motifs is 8. The van der Waals surface area contributed by atoms with Crippen molar-refractivity contribution in [3.63, 3.8) is 0 Å². The van der Waals surface area contributed by atoms with Gasteiger partial charge in [0.05, 0.1) is 22.5 Å². The quantitative estimate of drug-likeness (QED) is 0.187. The molecule has 2 aliphatic rings. The van der Waals surface area contributed by atoms with Gasteiger partial charge >= 0.3 is 0 Å². The minimum Gasteiger partial charge on any atom is -0.454 e. The highest BCUT2D eigenvalue weighted by Crippen LogP contribution is 2.41. The van der Waals surface area contributed by atoms with Crippen molar-refractivity contribution >= 4 is 26.6 Å². The molecule has 10 nitrogen and oxygen atoms in total. The van der Waals surface area contributed by atoms with E-state index in [2.05, 4.69) is 4.98 Å². The molecule has 4 heterocycles. The van der Waals surface area contributed by atoms with Crippen LogP contribution in [0, 0.1) is 23.0 Å². The Hall–Kier alpha value is -4.62. The number of ether oxygens (including phenoxy) is 1.